The Balaban J connectivity index is 1.74. The van der Waals surface area contributed by atoms with Crippen LogP contribution in [0.1, 0.15) is 32.1 Å². The monoisotopic (exact) mass is 438 g/mol. The second-order valence-electron chi connectivity index (χ2n) is 8.86. The van der Waals surface area contributed by atoms with E-state index in [2.05, 4.69) is 30.7 Å². The lowest BCUT2D eigenvalue weighted by molar-refractivity contribution is -0.145. The van der Waals surface area contributed by atoms with Gasteiger partial charge in [0.15, 0.2) is 0 Å². The highest BCUT2D eigenvalue weighted by Crippen LogP contribution is 2.37. The third kappa shape index (κ3) is 5.76. The van der Waals surface area contributed by atoms with Gasteiger partial charge in [-0.25, -0.2) is 13.8 Å². The molecule has 0 saturated carbocycles. The van der Waals surface area contributed by atoms with Crippen molar-refractivity contribution in [2.24, 2.45) is 17.3 Å². The number of aliphatic carboxylic acids is 1. The molecule has 1 aromatic carbocycles. The van der Waals surface area contributed by atoms with Gasteiger partial charge in [0.2, 0.25) is 0 Å². The van der Waals surface area contributed by atoms with Gasteiger partial charge < -0.3 is 9.84 Å². The van der Waals surface area contributed by atoms with Crippen LogP contribution in [-0.4, -0.2) is 47.1 Å². The zero-order valence-electron chi connectivity index (χ0n) is 17.5. The molecule has 0 bridgehead atoms. The number of hydrogen-bond donors (Lipinski definition) is 1. The molecule has 3 rings (SSSR count). The maximum Gasteiger partial charge on any atom is 0.307 e. The average Bonchev–Trinajstić information content (AvgIpc) is 3.13. The van der Waals surface area contributed by atoms with Crippen molar-refractivity contribution in [3.05, 3.63) is 35.3 Å². The number of benzene rings is 1. The normalized spacial score (nSPS) is 20.5. The number of hydrogen-bond acceptors (Lipinski definition) is 5. The minimum atomic E-state index is -2.54. The van der Waals surface area contributed by atoms with Crippen LogP contribution in [0.3, 0.4) is 0 Å². The van der Waals surface area contributed by atoms with Crippen LogP contribution in [0.25, 0.3) is 10.6 Å². The van der Waals surface area contributed by atoms with Crippen LogP contribution >= 0.6 is 11.3 Å². The van der Waals surface area contributed by atoms with Gasteiger partial charge in [0, 0.05) is 30.7 Å². The number of carbonyl (C=O) groups is 1. The van der Waals surface area contributed by atoms with Gasteiger partial charge in [-0.3, -0.25) is 9.69 Å². The Morgan fingerprint density at radius 1 is 1.33 bits per heavy atom. The molecular formula is C22H28F2N2O3S. The fraction of sp³-hybridized carbons (Fsp3) is 0.545. The van der Waals surface area contributed by atoms with Gasteiger partial charge in [-0.15, -0.1) is 11.3 Å². The number of nitrogens with zero attached hydrogens (tertiary/aromatic N) is 2. The van der Waals surface area contributed by atoms with Gasteiger partial charge in [-0.2, -0.15) is 0 Å². The summed E-state index contributed by atoms with van der Waals surface area (Å²) in [7, 11) is 0. The minimum absolute atomic E-state index is 0.0339. The van der Waals surface area contributed by atoms with E-state index in [1.165, 1.54) is 11.3 Å². The Labute approximate surface area is 179 Å². The van der Waals surface area contributed by atoms with Gasteiger partial charge in [-0.1, -0.05) is 32.9 Å². The van der Waals surface area contributed by atoms with Crippen LogP contribution in [0.4, 0.5) is 8.78 Å². The minimum Gasteiger partial charge on any atom is -0.487 e. The summed E-state index contributed by atoms with van der Waals surface area (Å²) in [5.74, 6) is -0.443. The van der Waals surface area contributed by atoms with Crippen molar-refractivity contribution in [3.8, 4) is 16.3 Å². The molecule has 5 nitrogen and oxygen atoms in total. The van der Waals surface area contributed by atoms with Crippen molar-refractivity contribution < 1.29 is 23.4 Å². The first-order valence-electron chi connectivity index (χ1n) is 10.0. The van der Waals surface area contributed by atoms with Crippen molar-refractivity contribution in [3.63, 3.8) is 0 Å². The number of alkyl halides is 2. The number of thiazole rings is 1. The first kappa shape index (κ1) is 22.6. The molecule has 0 amide bonds. The quantitative estimate of drug-likeness (QED) is 0.657. The smallest absolute Gasteiger partial charge is 0.307 e. The fourth-order valence-corrected chi connectivity index (χ4v) is 4.76. The number of para-hydroxylation sites is 1. The zero-order chi connectivity index (χ0) is 21.9. The Morgan fingerprint density at radius 2 is 2.07 bits per heavy atom. The zero-order valence-corrected chi connectivity index (χ0v) is 18.3. The van der Waals surface area contributed by atoms with E-state index >= 15 is 0 Å². The molecule has 0 aliphatic carbocycles. The van der Waals surface area contributed by atoms with E-state index in [0.717, 1.165) is 11.4 Å². The van der Waals surface area contributed by atoms with E-state index in [4.69, 9.17) is 4.74 Å². The van der Waals surface area contributed by atoms with E-state index in [0.29, 0.717) is 41.7 Å². The molecule has 0 radical (unpaired) electrons. The van der Waals surface area contributed by atoms with E-state index in [-0.39, 0.29) is 11.3 Å². The summed E-state index contributed by atoms with van der Waals surface area (Å²) in [6, 6.07) is 7.03. The van der Waals surface area contributed by atoms with Crippen molar-refractivity contribution in [2.45, 2.75) is 40.2 Å². The molecule has 1 N–H and O–H groups in total. The number of carboxylic acids is 1. The SMILES string of the molecule is CC(C)(C)[C@@H]1C[C@@H](C(=O)O)CN(Cc2cnc(-c3ccccc3OCC(F)F)s2)C1. The number of ether oxygens (including phenoxy) is 1. The van der Waals surface area contributed by atoms with Crippen LogP contribution in [0.2, 0.25) is 0 Å². The summed E-state index contributed by atoms with van der Waals surface area (Å²) in [6.07, 6.45) is -0.0691. The number of aromatic nitrogens is 1. The molecule has 0 spiro atoms. The van der Waals surface area contributed by atoms with Gasteiger partial charge in [0.05, 0.1) is 11.5 Å². The summed E-state index contributed by atoms with van der Waals surface area (Å²) < 4.78 is 30.3. The molecule has 0 unspecified atom stereocenters. The molecule has 1 aliphatic heterocycles. The lowest BCUT2D eigenvalue weighted by Crippen LogP contribution is -2.46. The van der Waals surface area contributed by atoms with Crippen LogP contribution in [0.5, 0.6) is 5.75 Å². The topological polar surface area (TPSA) is 62.7 Å². The Morgan fingerprint density at radius 3 is 2.73 bits per heavy atom. The Kier molecular flexibility index (Phi) is 7.08. The molecule has 1 aliphatic rings. The van der Waals surface area contributed by atoms with Crippen molar-refractivity contribution >= 4 is 17.3 Å². The first-order valence-corrected chi connectivity index (χ1v) is 10.9. The molecule has 2 heterocycles. The van der Waals surface area contributed by atoms with E-state index < -0.39 is 19.0 Å². The van der Waals surface area contributed by atoms with Crippen molar-refractivity contribution in [1.82, 2.24) is 9.88 Å². The third-order valence-corrected chi connectivity index (χ3v) is 6.53. The lowest BCUT2D eigenvalue weighted by Gasteiger charge is -2.42. The predicted octanol–water partition coefficient (Wildman–Crippen LogP) is 5.02. The van der Waals surface area contributed by atoms with E-state index in [1.54, 1.807) is 24.4 Å². The van der Waals surface area contributed by atoms with Crippen LogP contribution < -0.4 is 4.74 Å². The summed E-state index contributed by atoms with van der Waals surface area (Å²) in [5, 5.41) is 10.3. The number of carboxylic acid groups (broad SMARTS) is 1. The highest BCUT2D eigenvalue weighted by atomic mass is 32.1. The standard InChI is InChI=1S/C22H28F2N2O3S/c1-22(2,3)15-8-14(21(27)28)10-26(11-15)12-16-9-25-20(30-16)17-6-4-5-7-18(17)29-13-19(23)24/h4-7,9,14-15,19H,8,10-13H2,1-3H3,(H,27,28)/t14-,15-/m1/s1. The lowest BCUT2D eigenvalue weighted by atomic mass is 9.73. The molecule has 2 aromatic rings. The van der Waals surface area contributed by atoms with Crippen LogP contribution in [0, 0.1) is 17.3 Å². The largest absolute Gasteiger partial charge is 0.487 e. The van der Waals surface area contributed by atoms with E-state index in [1.807, 2.05) is 6.07 Å². The molecule has 8 heteroatoms. The molecular weight excluding hydrogens is 410 g/mol. The number of likely N-dealkylation sites (tertiary alicyclic amines) is 1. The molecule has 1 aromatic heterocycles. The summed E-state index contributed by atoms with van der Waals surface area (Å²) in [5.41, 5.74) is 0.718. The maximum absolute atomic E-state index is 12.5. The number of rotatable bonds is 7. The summed E-state index contributed by atoms with van der Waals surface area (Å²) in [6.45, 7) is 7.78. The van der Waals surface area contributed by atoms with Gasteiger partial charge >= 0.3 is 5.97 Å². The third-order valence-electron chi connectivity index (χ3n) is 5.52. The van der Waals surface area contributed by atoms with Crippen LogP contribution in [0.15, 0.2) is 30.5 Å². The predicted molar refractivity (Wildman–Crippen MR) is 113 cm³/mol. The highest BCUT2D eigenvalue weighted by Gasteiger charge is 2.37. The van der Waals surface area contributed by atoms with Gasteiger partial charge in [0.1, 0.15) is 17.4 Å². The summed E-state index contributed by atoms with van der Waals surface area (Å²) in [4.78, 5) is 19.3. The second kappa shape index (κ2) is 9.39. The second-order valence-corrected chi connectivity index (χ2v) is 9.97. The Bertz CT molecular complexity index is 866. The highest BCUT2D eigenvalue weighted by molar-refractivity contribution is 7.15. The van der Waals surface area contributed by atoms with Gasteiger partial charge in [0.25, 0.3) is 6.43 Å². The molecule has 164 valence electrons. The first-order chi connectivity index (χ1) is 14.1. The molecule has 2 atom stereocenters. The number of piperidine rings is 1. The molecule has 1 fully saturated rings. The van der Waals surface area contributed by atoms with Gasteiger partial charge in [-0.05, 0) is 29.9 Å². The van der Waals surface area contributed by atoms with Crippen LogP contribution in [-0.2, 0) is 11.3 Å². The van der Waals surface area contributed by atoms with E-state index in [9.17, 15) is 18.7 Å². The molecule has 30 heavy (non-hydrogen) atoms. The summed E-state index contributed by atoms with van der Waals surface area (Å²) >= 11 is 1.48. The fourth-order valence-electron chi connectivity index (χ4n) is 3.77. The Hall–Kier alpha value is -2.06. The van der Waals surface area contributed by atoms with Crippen molar-refractivity contribution in [1.29, 1.82) is 0 Å². The number of halogens is 2. The maximum atomic E-state index is 12.5. The van der Waals surface area contributed by atoms with Crippen molar-refractivity contribution in [2.75, 3.05) is 19.7 Å². The average molecular weight is 439 g/mol. The molecule has 1 saturated heterocycles.